The summed E-state index contributed by atoms with van der Waals surface area (Å²) in [6, 6.07) is 12.5. The lowest BCUT2D eigenvalue weighted by Gasteiger charge is -2.31. The summed E-state index contributed by atoms with van der Waals surface area (Å²) in [5, 5.41) is 11.6. The Kier molecular flexibility index (Phi) is 6.31. The van der Waals surface area contributed by atoms with Crippen LogP contribution in [0.4, 0.5) is 0 Å². The van der Waals surface area contributed by atoms with Crippen molar-refractivity contribution in [1.29, 1.82) is 0 Å². The molecule has 0 fully saturated rings. The second kappa shape index (κ2) is 7.87. The second-order valence-corrected chi connectivity index (χ2v) is 9.22. The maximum absolute atomic E-state index is 10.4. The molecule has 0 spiro atoms. The molecule has 2 nitrogen and oxygen atoms in total. The van der Waals surface area contributed by atoms with E-state index < -0.39 is 0 Å². The van der Waals surface area contributed by atoms with E-state index in [0.29, 0.717) is 20.9 Å². The van der Waals surface area contributed by atoms with Crippen LogP contribution in [0.1, 0.15) is 42.5 Å². The highest BCUT2D eigenvalue weighted by Crippen LogP contribution is 2.47. The van der Waals surface area contributed by atoms with Crippen LogP contribution >= 0.6 is 20.4 Å². The third-order valence-corrected chi connectivity index (χ3v) is 6.56. The summed E-state index contributed by atoms with van der Waals surface area (Å²) in [5.41, 5.74) is 4.72. The zero-order chi connectivity index (χ0) is 17.9. The van der Waals surface area contributed by atoms with Gasteiger partial charge in [-0.05, 0) is 49.0 Å². The lowest BCUT2D eigenvalue weighted by molar-refractivity contribution is 0.456. The van der Waals surface area contributed by atoms with E-state index in [4.69, 9.17) is 11.8 Å². The molecular formula is C20H27ClNOP. The predicted octanol–water partition coefficient (Wildman–Crippen LogP) is 5.22. The number of rotatable bonds is 6. The van der Waals surface area contributed by atoms with E-state index in [0.717, 1.165) is 12.0 Å². The van der Waals surface area contributed by atoms with Crippen molar-refractivity contribution >= 4 is 25.7 Å². The van der Waals surface area contributed by atoms with Gasteiger partial charge in [-0.25, -0.2) is 4.42 Å². The number of nitrogens with zero attached hydrogens (tertiary/aromatic N) is 1. The fourth-order valence-corrected chi connectivity index (χ4v) is 4.66. The van der Waals surface area contributed by atoms with Gasteiger partial charge in [0.25, 0.3) is 0 Å². The molecule has 1 N–H and O–H groups in total. The first kappa shape index (κ1) is 19.2. The van der Waals surface area contributed by atoms with Crippen LogP contribution in [-0.2, 0) is 11.7 Å². The zero-order valence-corrected chi connectivity index (χ0v) is 16.9. The van der Waals surface area contributed by atoms with Gasteiger partial charge in [-0.3, -0.25) is 0 Å². The molecule has 2 rings (SSSR count). The average Bonchev–Trinajstić information content (AvgIpc) is 2.51. The maximum atomic E-state index is 10.4. The number of benzene rings is 2. The SMILES string of the molecule is CCC(C)(Pc1ccc(C)cc1CN(C)Cl)c1cc(C)ccc1O. The van der Waals surface area contributed by atoms with Crippen LogP contribution in [0.5, 0.6) is 5.75 Å². The zero-order valence-electron chi connectivity index (χ0n) is 15.2. The summed E-state index contributed by atoms with van der Waals surface area (Å²) < 4.78 is 1.69. The molecule has 0 aliphatic heterocycles. The summed E-state index contributed by atoms with van der Waals surface area (Å²) in [5.74, 6) is 0.389. The van der Waals surface area contributed by atoms with E-state index in [9.17, 15) is 5.11 Å². The second-order valence-electron chi connectivity index (χ2n) is 6.75. The van der Waals surface area contributed by atoms with Gasteiger partial charge < -0.3 is 5.11 Å². The first-order valence-electron chi connectivity index (χ1n) is 8.30. The highest BCUT2D eigenvalue weighted by atomic mass is 35.5. The molecule has 0 aliphatic carbocycles. The van der Waals surface area contributed by atoms with E-state index in [1.54, 1.807) is 4.42 Å². The van der Waals surface area contributed by atoms with Gasteiger partial charge in [-0.1, -0.05) is 63.9 Å². The highest BCUT2D eigenvalue weighted by molar-refractivity contribution is 7.48. The summed E-state index contributed by atoms with van der Waals surface area (Å²) in [4.78, 5) is 0. The van der Waals surface area contributed by atoms with Crippen molar-refractivity contribution in [2.75, 3.05) is 7.05 Å². The number of aromatic hydroxyl groups is 1. The predicted molar refractivity (Wildman–Crippen MR) is 107 cm³/mol. The van der Waals surface area contributed by atoms with Crippen molar-refractivity contribution in [3.63, 3.8) is 0 Å². The Balaban J connectivity index is 2.44. The molecule has 0 bridgehead atoms. The fraction of sp³-hybridized carbons (Fsp3) is 0.400. The monoisotopic (exact) mass is 363 g/mol. The normalized spacial score (nSPS) is 14.5. The molecule has 0 amide bonds. The molecule has 24 heavy (non-hydrogen) atoms. The van der Waals surface area contributed by atoms with Crippen molar-refractivity contribution in [1.82, 2.24) is 4.42 Å². The molecule has 2 aromatic rings. The van der Waals surface area contributed by atoms with E-state index >= 15 is 0 Å². The minimum absolute atomic E-state index is 0.0923. The van der Waals surface area contributed by atoms with Gasteiger partial charge in [0.05, 0.1) is 0 Å². The Hall–Kier alpha value is -1.08. The first-order valence-corrected chi connectivity index (χ1v) is 9.63. The quantitative estimate of drug-likeness (QED) is 0.561. The van der Waals surface area contributed by atoms with Crippen molar-refractivity contribution in [3.8, 4) is 5.75 Å². The molecule has 0 saturated carbocycles. The van der Waals surface area contributed by atoms with Crippen molar-refractivity contribution in [2.45, 2.75) is 45.8 Å². The van der Waals surface area contributed by atoms with Gasteiger partial charge in [0.2, 0.25) is 0 Å². The Morgan fingerprint density at radius 2 is 1.75 bits per heavy atom. The third-order valence-electron chi connectivity index (χ3n) is 4.51. The van der Waals surface area contributed by atoms with Crippen molar-refractivity contribution in [2.24, 2.45) is 0 Å². The van der Waals surface area contributed by atoms with Gasteiger partial charge in [0, 0.05) is 24.3 Å². The molecule has 4 heteroatoms. The van der Waals surface area contributed by atoms with Crippen LogP contribution in [0.3, 0.4) is 0 Å². The number of phenols is 1. The van der Waals surface area contributed by atoms with E-state index in [1.165, 1.54) is 22.0 Å². The van der Waals surface area contributed by atoms with Crippen molar-refractivity contribution < 1.29 is 5.11 Å². The molecule has 0 heterocycles. The molecular weight excluding hydrogens is 337 g/mol. The van der Waals surface area contributed by atoms with Crippen molar-refractivity contribution in [3.05, 3.63) is 58.7 Å². The van der Waals surface area contributed by atoms with Gasteiger partial charge in [-0.15, -0.1) is 0 Å². The molecule has 0 aromatic heterocycles. The molecule has 0 saturated heterocycles. The standard InChI is InChI=1S/C20H27ClNOP/c1-6-20(4,17-12-15(3)7-9-18(17)23)24-19-10-8-14(2)11-16(19)13-22(5)21/h7-12,23-24H,6,13H2,1-5H3. The molecule has 2 unspecified atom stereocenters. The van der Waals surface area contributed by atoms with Crippen LogP contribution in [0.15, 0.2) is 36.4 Å². The lowest BCUT2D eigenvalue weighted by Crippen LogP contribution is -2.22. The van der Waals surface area contributed by atoms with Gasteiger partial charge in [0.15, 0.2) is 0 Å². The van der Waals surface area contributed by atoms with E-state index in [-0.39, 0.29) is 5.16 Å². The summed E-state index contributed by atoms with van der Waals surface area (Å²) in [6.07, 6.45) is 0.965. The van der Waals surface area contributed by atoms with Crippen LogP contribution in [0, 0.1) is 13.8 Å². The van der Waals surface area contributed by atoms with Crippen LogP contribution in [0.2, 0.25) is 0 Å². The molecule has 0 aliphatic rings. The average molecular weight is 364 g/mol. The highest BCUT2D eigenvalue weighted by Gasteiger charge is 2.29. The number of aryl methyl sites for hydroxylation is 2. The van der Waals surface area contributed by atoms with Crippen LogP contribution in [0.25, 0.3) is 0 Å². The number of hydrogen-bond acceptors (Lipinski definition) is 2. The van der Waals surface area contributed by atoms with Gasteiger partial charge in [-0.2, -0.15) is 0 Å². The largest absolute Gasteiger partial charge is 0.508 e. The summed E-state index contributed by atoms with van der Waals surface area (Å²) in [6.45, 7) is 9.33. The van der Waals surface area contributed by atoms with Gasteiger partial charge in [0.1, 0.15) is 5.75 Å². The Bertz CT molecular complexity index is 717. The van der Waals surface area contributed by atoms with E-state index in [1.807, 2.05) is 19.2 Å². The topological polar surface area (TPSA) is 23.5 Å². The Labute approximate surface area is 152 Å². The number of halogens is 1. The Morgan fingerprint density at radius 3 is 2.38 bits per heavy atom. The molecule has 130 valence electrons. The molecule has 0 radical (unpaired) electrons. The minimum Gasteiger partial charge on any atom is -0.508 e. The number of hydrogen-bond donors (Lipinski definition) is 1. The molecule has 2 atom stereocenters. The smallest absolute Gasteiger partial charge is 0.119 e. The van der Waals surface area contributed by atoms with E-state index in [2.05, 4.69) is 52.0 Å². The summed E-state index contributed by atoms with van der Waals surface area (Å²) in [7, 11) is 2.45. The summed E-state index contributed by atoms with van der Waals surface area (Å²) >= 11 is 6.10. The fourth-order valence-electron chi connectivity index (χ4n) is 2.95. The lowest BCUT2D eigenvalue weighted by atomic mass is 9.95. The maximum Gasteiger partial charge on any atom is 0.119 e. The molecule has 2 aromatic carbocycles. The number of phenolic OH excluding ortho intramolecular Hbond substituents is 1. The first-order chi connectivity index (χ1) is 11.2. The minimum atomic E-state index is -0.0923. The van der Waals surface area contributed by atoms with Crippen LogP contribution < -0.4 is 5.30 Å². The Morgan fingerprint density at radius 1 is 1.12 bits per heavy atom. The third kappa shape index (κ3) is 4.51. The van der Waals surface area contributed by atoms with Crippen LogP contribution in [-0.4, -0.2) is 16.6 Å². The van der Waals surface area contributed by atoms with Gasteiger partial charge >= 0.3 is 0 Å².